The highest BCUT2D eigenvalue weighted by Crippen LogP contribution is 2.16. The Balaban J connectivity index is 1.82. The molecule has 2 amide bonds. The third-order valence-electron chi connectivity index (χ3n) is 3.93. The summed E-state index contributed by atoms with van der Waals surface area (Å²) < 4.78 is 0. The molecule has 1 fully saturated rings. The average Bonchev–Trinajstić information content (AvgIpc) is 2.54. The van der Waals surface area contributed by atoms with Crippen molar-refractivity contribution in [2.75, 3.05) is 30.3 Å². The quantitative estimate of drug-likeness (QED) is 0.746. The highest BCUT2D eigenvalue weighted by molar-refractivity contribution is 5.96. The van der Waals surface area contributed by atoms with Crippen molar-refractivity contribution in [1.82, 2.24) is 4.90 Å². The van der Waals surface area contributed by atoms with Crippen LogP contribution in [0.2, 0.25) is 0 Å². The van der Waals surface area contributed by atoms with Crippen molar-refractivity contribution in [3.63, 3.8) is 0 Å². The van der Waals surface area contributed by atoms with Gasteiger partial charge < -0.3 is 21.3 Å². The molecule has 1 aliphatic heterocycles. The van der Waals surface area contributed by atoms with Gasteiger partial charge in [0, 0.05) is 24.3 Å². The van der Waals surface area contributed by atoms with Crippen molar-refractivity contribution >= 4 is 23.2 Å². The zero-order valence-electron chi connectivity index (χ0n) is 13.7. The number of hydrogen-bond acceptors (Lipinski definition) is 4. The minimum atomic E-state index is -0.571. The fourth-order valence-corrected chi connectivity index (χ4v) is 2.60. The maximum absolute atomic E-state index is 12.1. The molecule has 1 heterocycles. The number of carbonyl (C=O) groups excluding carboxylic acids is 2. The summed E-state index contributed by atoms with van der Waals surface area (Å²) in [4.78, 5) is 26.0. The summed E-state index contributed by atoms with van der Waals surface area (Å²) in [6, 6.07) is 6.53. The summed E-state index contributed by atoms with van der Waals surface area (Å²) in [6.07, 6.45) is 4.23. The molecule has 1 atom stereocenters. The van der Waals surface area contributed by atoms with Crippen molar-refractivity contribution in [3.8, 4) is 0 Å². The Morgan fingerprint density at radius 1 is 1.17 bits per heavy atom. The SMILES string of the molecule is C[C@@H](N)C(=O)Nc1cccc(NC(=O)CCN2CCCCC2)c1. The molecule has 0 spiro atoms. The molecule has 23 heavy (non-hydrogen) atoms. The van der Waals surface area contributed by atoms with Gasteiger partial charge in [0.15, 0.2) is 0 Å². The summed E-state index contributed by atoms with van der Waals surface area (Å²) in [5.41, 5.74) is 6.83. The lowest BCUT2D eigenvalue weighted by atomic mass is 10.1. The molecule has 0 aromatic heterocycles. The van der Waals surface area contributed by atoms with Gasteiger partial charge in [-0.3, -0.25) is 9.59 Å². The number of nitrogens with one attached hydrogen (secondary N) is 2. The Labute approximate surface area is 137 Å². The maximum Gasteiger partial charge on any atom is 0.240 e. The largest absolute Gasteiger partial charge is 0.326 e. The Morgan fingerprint density at radius 2 is 1.83 bits per heavy atom. The van der Waals surface area contributed by atoms with Crippen molar-refractivity contribution in [3.05, 3.63) is 24.3 Å². The van der Waals surface area contributed by atoms with E-state index >= 15 is 0 Å². The summed E-state index contributed by atoms with van der Waals surface area (Å²) >= 11 is 0. The third-order valence-corrected chi connectivity index (χ3v) is 3.93. The van der Waals surface area contributed by atoms with Crippen LogP contribution in [0.25, 0.3) is 0 Å². The smallest absolute Gasteiger partial charge is 0.240 e. The second-order valence-electron chi connectivity index (χ2n) is 6.06. The van der Waals surface area contributed by atoms with E-state index in [-0.39, 0.29) is 11.8 Å². The number of piperidine rings is 1. The predicted molar refractivity (Wildman–Crippen MR) is 92.3 cm³/mol. The van der Waals surface area contributed by atoms with Crippen LogP contribution in [-0.2, 0) is 9.59 Å². The van der Waals surface area contributed by atoms with Gasteiger partial charge in [0.05, 0.1) is 6.04 Å². The average molecular weight is 318 g/mol. The van der Waals surface area contributed by atoms with Gasteiger partial charge >= 0.3 is 0 Å². The molecule has 0 aliphatic carbocycles. The fraction of sp³-hybridized carbons (Fsp3) is 0.529. The van der Waals surface area contributed by atoms with E-state index in [1.165, 1.54) is 19.3 Å². The minimum Gasteiger partial charge on any atom is -0.326 e. The highest BCUT2D eigenvalue weighted by atomic mass is 16.2. The van der Waals surface area contributed by atoms with E-state index in [1.54, 1.807) is 31.2 Å². The highest BCUT2D eigenvalue weighted by Gasteiger charge is 2.12. The number of anilines is 2. The second kappa shape index (κ2) is 8.64. The molecule has 1 aliphatic rings. The molecule has 4 N–H and O–H groups in total. The van der Waals surface area contributed by atoms with E-state index in [0.29, 0.717) is 17.8 Å². The Kier molecular flexibility index (Phi) is 6.55. The molecule has 0 radical (unpaired) electrons. The molecule has 1 saturated heterocycles. The molecule has 0 saturated carbocycles. The van der Waals surface area contributed by atoms with Crippen molar-refractivity contribution in [1.29, 1.82) is 0 Å². The van der Waals surface area contributed by atoms with Crippen LogP contribution >= 0.6 is 0 Å². The Morgan fingerprint density at radius 3 is 2.48 bits per heavy atom. The minimum absolute atomic E-state index is 0.00811. The number of amides is 2. The van der Waals surface area contributed by atoms with Crippen LogP contribution in [-0.4, -0.2) is 42.4 Å². The van der Waals surface area contributed by atoms with Crippen molar-refractivity contribution in [2.24, 2.45) is 5.73 Å². The Bertz CT molecular complexity index is 539. The van der Waals surface area contributed by atoms with Crippen LogP contribution in [0, 0.1) is 0 Å². The third kappa shape index (κ3) is 6.00. The molecule has 1 aromatic carbocycles. The van der Waals surface area contributed by atoms with Gasteiger partial charge in [-0.05, 0) is 51.1 Å². The standard InChI is InChI=1S/C17H26N4O2/c1-13(18)17(23)20-15-7-5-6-14(12-15)19-16(22)8-11-21-9-3-2-4-10-21/h5-7,12-13H,2-4,8-11,18H2,1H3,(H,19,22)(H,20,23)/t13-/m1/s1. The first-order valence-corrected chi connectivity index (χ1v) is 8.23. The zero-order valence-corrected chi connectivity index (χ0v) is 13.7. The summed E-state index contributed by atoms with van der Waals surface area (Å²) in [6.45, 7) is 4.60. The van der Waals surface area contributed by atoms with E-state index in [2.05, 4.69) is 15.5 Å². The van der Waals surface area contributed by atoms with Gasteiger partial charge in [0.25, 0.3) is 0 Å². The second-order valence-corrected chi connectivity index (χ2v) is 6.06. The molecular formula is C17H26N4O2. The number of benzene rings is 1. The van der Waals surface area contributed by atoms with E-state index < -0.39 is 6.04 Å². The lowest BCUT2D eigenvalue weighted by molar-refractivity contribution is -0.117. The molecular weight excluding hydrogens is 292 g/mol. The first-order chi connectivity index (χ1) is 11.0. The molecule has 126 valence electrons. The van der Waals surface area contributed by atoms with Gasteiger partial charge in [-0.2, -0.15) is 0 Å². The summed E-state index contributed by atoms with van der Waals surface area (Å²) in [7, 11) is 0. The fourth-order valence-electron chi connectivity index (χ4n) is 2.60. The van der Waals surface area contributed by atoms with Crippen molar-refractivity contribution < 1.29 is 9.59 Å². The van der Waals surface area contributed by atoms with Crippen LogP contribution in [0.3, 0.4) is 0 Å². The zero-order chi connectivity index (χ0) is 16.7. The van der Waals surface area contributed by atoms with Gasteiger partial charge in [0.1, 0.15) is 0 Å². The van der Waals surface area contributed by atoms with Gasteiger partial charge in [-0.1, -0.05) is 12.5 Å². The normalized spacial score (nSPS) is 16.6. The topological polar surface area (TPSA) is 87.5 Å². The van der Waals surface area contributed by atoms with Gasteiger partial charge in [-0.15, -0.1) is 0 Å². The van der Waals surface area contributed by atoms with E-state index in [9.17, 15) is 9.59 Å². The van der Waals surface area contributed by atoms with Crippen molar-refractivity contribution in [2.45, 2.75) is 38.6 Å². The van der Waals surface area contributed by atoms with Gasteiger partial charge in [-0.25, -0.2) is 0 Å². The lowest BCUT2D eigenvalue weighted by Crippen LogP contribution is -2.32. The first kappa shape index (κ1) is 17.4. The molecule has 0 bridgehead atoms. The number of nitrogens with zero attached hydrogens (tertiary/aromatic N) is 1. The molecule has 1 aromatic rings. The van der Waals surface area contributed by atoms with E-state index in [4.69, 9.17) is 5.73 Å². The van der Waals surface area contributed by atoms with Gasteiger partial charge in [0.2, 0.25) is 11.8 Å². The van der Waals surface area contributed by atoms with Crippen LogP contribution in [0.5, 0.6) is 0 Å². The maximum atomic E-state index is 12.1. The van der Waals surface area contributed by atoms with Crippen LogP contribution in [0.4, 0.5) is 11.4 Å². The van der Waals surface area contributed by atoms with Crippen LogP contribution < -0.4 is 16.4 Å². The van der Waals surface area contributed by atoms with Crippen LogP contribution in [0.1, 0.15) is 32.6 Å². The monoisotopic (exact) mass is 318 g/mol. The molecule has 6 heteroatoms. The lowest BCUT2D eigenvalue weighted by Gasteiger charge is -2.25. The number of nitrogens with two attached hydrogens (primary N) is 1. The van der Waals surface area contributed by atoms with E-state index in [1.807, 2.05) is 0 Å². The number of hydrogen-bond donors (Lipinski definition) is 3. The van der Waals surface area contributed by atoms with Crippen LogP contribution in [0.15, 0.2) is 24.3 Å². The van der Waals surface area contributed by atoms with E-state index in [0.717, 1.165) is 19.6 Å². The first-order valence-electron chi connectivity index (χ1n) is 8.23. The predicted octanol–water partition coefficient (Wildman–Crippen LogP) is 1.79. The summed E-state index contributed by atoms with van der Waals surface area (Å²) in [5.74, 6) is -0.259. The summed E-state index contributed by atoms with van der Waals surface area (Å²) in [5, 5.41) is 5.59. The Hall–Kier alpha value is -1.92. The number of carbonyl (C=O) groups is 2. The molecule has 6 nitrogen and oxygen atoms in total. The number of rotatable bonds is 6. The molecule has 0 unspecified atom stereocenters. The molecule has 2 rings (SSSR count). The number of likely N-dealkylation sites (tertiary alicyclic amines) is 1.